The second kappa shape index (κ2) is 4.94. The molecule has 0 fully saturated rings. The average molecular weight is 224 g/mol. The lowest BCUT2D eigenvalue weighted by atomic mass is 10.5. The molecule has 0 aromatic rings. The Labute approximate surface area is 91.4 Å². The molecule has 0 saturated heterocycles. The van der Waals surface area contributed by atoms with Crippen LogP contribution in [0.5, 0.6) is 0 Å². The van der Waals surface area contributed by atoms with Gasteiger partial charge >= 0.3 is 0 Å². The lowest BCUT2D eigenvalue weighted by Gasteiger charge is -2.15. The Morgan fingerprint density at radius 2 is 1.43 bits per heavy atom. The first-order chi connectivity index (χ1) is 6.13. The summed E-state index contributed by atoms with van der Waals surface area (Å²) >= 11 is 0. The first-order valence-corrected chi connectivity index (χ1v) is 12.3. The van der Waals surface area contributed by atoms with Crippen LogP contribution >= 0.6 is 0 Å². The summed E-state index contributed by atoms with van der Waals surface area (Å²) in [6.07, 6.45) is 6.49. The maximum absolute atomic E-state index is 4.11. The van der Waals surface area contributed by atoms with E-state index in [0.717, 1.165) is 0 Å². The van der Waals surface area contributed by atoms with Gasteiger partial charge in [0.25, 0.3) is 0 Å². The normalized spacial score (nSPS) is 14.1. The highest BCUT2D eigenvalue weighted by Gasteiger charge is 2.14. The van der Waals surface area contributed by atoms with Crippen molar-refractivity contribution in [3.63, 3.8) is 0 Å². The van der Waals surface area contributed by atoms with Crippen molar-refractivity contribution >= 4 is 16.1 Å². The Kier molecular flexibility index (Phi) is 4.82. The molecule has 80 valence electrons. The summed E-state index contributed by atoms with van der Waals surface area (Å²) in [5.41, 5.74) is 2.35. The average Bonchev–Trinajstić information content (AvgIpc) is 1.93. The number of hydrogen-bond donors (Lipinski definition) is 0. The Morgan fingerprint density at radius 3 is 1.79 bits per heavy atom. The maximum Gasteiger partial charge on any atom is 0.0768 e. The van der Waals surface area contributed by atoms with Crippen molar-refractivity contribution in [1.82, 2.24) is 0 Å². The molecule has 0 aromatic heterocycles. The molecule has 0 heterocycles. The number of rotatable bonds is 4. The van der Waals surface area contributed by atoms with E-state index in [1.807, 2.05) is 0 Å². The Balaban J connectivity index is 4.22. The predicted octanol–water partition coefficient (Wildman–Crippen LogP) is 4.41. The lowest BCUT2D eigenvalue weighted by molar-refractivity contribution is 1.67. The van der Waals surface area contributed by atoms with Crippen LogP contribution in [0.4, 0.5) is 0 Å². The fourth-order valence-electron chi connectivity index (χ4n) is 0.766. The molecular formula is C12H24Si2. The zero-order valence-electron chi connectivity index (χ0n) is 10.5. The zero-order chi connectivity index (χ0) is 11.4. The molecule has 0 bridgehead atoms. The molecule has 0 nitrogen and oxygen atoms in total. The number of allylic oxidation sites excluding steroid dienone is 4. The van der Waals surface area contributed by atoms with Gasteiger partial charge < -0.3 is 0 Å². The first kappa shape index (κ1) is 13.7. The van der Waals surface area contributed by atoms with Gasteiger partial charge in [0.05, 0.1) is 16.1 Å². The van der Waals surface area contributed by atoms with Crippen LogP contribution in [0.15, 0.2) is 35.7 Å². The highest BCUT2D eigenvalue weighted by Crippen LogP contribution is 2.13. The zero-order valence-corrected chi connectivity index (χ0v) is 12.5. The predicted molar refractivity (Wildman–Crippen MR) is 74.1 cm³/mol. The van der Waals surface area contributed by atoms with Gasteiger partial charge in [0.15, 0.2) is 0 Å². The summed E-state index contributed by atoms with van der Waals surface area (Å²) in [6, 6.07) is 0. The quantitative estimate of drug-likeness (QED) is 0.490. The van der Waals surface area contributed by atoms with E-state index >= 15 is 0 Å². The van der Waals surface area contributed by atoms with E-state index in [-0.39, 0.29) is 0 Å². The van der Waals surface area contributed by atoms with Gasteiger partial charge in [-0.2, -0.15) is 0 Å². The second-order valence-electron chi connectivity index (χ2n) is 5.86. The molecule has 0 saturated carbocycles. The third-order valence-electron chi connectivity index (χ3n) is 1.97. The summed E-state index contributed by atoms with van der Waals surface area (Å²) in [6.45, 7) is 18.1. The van der Waals surface area contributed by atoms with Gasteiger partial charge in [-0.15, -0.1) is 0 Å². The van der Waals surface area contributed by atoms with Crippen LogP contribution in [-0.4, -0.2) is 16.1 Å². The van der Waals surface area contributed by atoms with Gasteiger partial charge in [0, 0.05) is 0 Å². The Morgan fingerprint density at radius 1 is 0.929 bits per heavy atom. The van der Waals surface area contributed by atoms with Crippen LogP contribution in [0.3, 0.4) is 0 Å². The largest absolute Gasteiger partial charge is 0.0998 e. The second-order valence-corrected chi connectivity index (χ2v) is 16.1. The van der Waals surface area contributed by atoms with Crippen molar-refractivity contribution in [3.8, 4) is 0 Å². The smallest absolute Gasteiger partial charge is 0.0768 e. The summed E-state index contributed by atoms with van der Waals surface area (Å²) in [7, 11) is -2.19. The minimum Gasteiger partial charge on any atom is -0.0998 e. The van der Waals surface area contributed by atoms with Gasteiger partial charge in [0.2, 0.25) is 0 Å². The van der Waals surface area contributed by atoms with Crippen LogP contribution in [0.2, 0.25) is 39.3 Å². The molecule has 0 spiro atoms. The Bertz CT molecular complexity index is 246. The highest BCUT2D eigenvalue weighted by molar-refractivity contribution is 6.83. The first-order valence-electron chi connectivity index (χ1n) is 5.18. The highest BCUT2D eigenvalue weighted by atomic mass is 28.3. The van der Waals surface area contributed by atoms with E-state index in [1.165, 1.54) is 5.20 Å². The number of hydrogen-bond acceptors (Lipinski definition) is 0. The standard InChI is InChI=1S/C12H24Si2/c1-12(14(5,6)7)10-8-9-11-13(2,3)4/h8-11H,1H2,2-7H3/b10-8+,11-9+. The van der Waals surface area contributed by atoms with Crippen molar-refractivity contribution in [3.05, 3.63) is 35.7 Å². The van der Waals surface area contributed by atoms with Gasteiger partial charge in [-0.1, -0.05) is 75.0 Å². The van der Waals surface area contributed by atoms with E-state index in [4.69, 9.17) is 0 Å². The molecule has 0 radical (unpaired) electrons. The minimum atomic E-state index is -1.16. The summed E-state index contributed by atoms with van der Waals surface area (Å²) in [5.74, 6) is 0. The van der Waals surface area contributed by atoms with Crippen molar-refractivity contribution < 1.29 is 0 Å². The van der Waals surface area contributed by atoms with Crippen molar-refractivity contribution in [2.24, 2.45) is 0 Å². The SMILES string of the molecule is C=C(/C=C/C=C/[Si](C)(C)C)[Si](C)(C)C. The molecule has 0 atom stereocenters. The molecule has 14 heavy (non-hydrogen) atoms. The molecule has 0 aliphatic rings. The Hall–Kier alpha value is -0.346. The van der Waals surface area contributed by atoms with Crippen LogP contribution in [0, 0.1) is 0 Å². The minimum absolute atomic E-state index is 1.03. The van der Waals surface area contributed by atoms with E-state index in [1.54, 1.807) is 0 Å². The van der Waals surface area contributed by atoms with Gasteiger partial charge in [-0.25, -0.2) is 0 Å². The summed E-state index contributed by atoms with van der Waals surface area (Å²) in [5, 5.41) is 1.32. The molecule has 0 aliphatic heterocycles. The summed E-state index contributed by atoms with van der Waals surface area (Å²) in [4.78, 5) is 0. The molecule has 0 aliphatic carbocycles. The van der Waals surface area contributed by atoms with E-state index in [0.29, 0.717) is 0 Å². The molecule has 2 heteroatoms. The van der Waals surface area contributed by atoms with Crippen molar-refractivity contribution in [1.29, 1.82) is 0 Å². The van der Waals surface area contributed by atoms with Gasteiger partial charge in [-0.05, 0) is 0 Å². The van der Waals surface area contributed by atoms with Crippen molar-refractivity contribution in [2.45, 2.75) is 39.3 Å². The van der Waals surface area contributed by atoms with Crippen LogP contribution < -0.4 is 0 Å². The van der Waals surface area contributed by atoms with E-state index in [2.05, 4.69) is 69.8 Å². The molecule has 0 amide bonds. The molecule has 0 N–H and O–H groups in total. The topological polar surface area (TPSA) is 0 Å². The molecule has 0 unspecified atom stereocenters. The van der Waals surface area contributed by atoms with Crippen molar-refractivity contribution in [2.75, 3.05) is 0 Å². The van der Waals surface area contributed by atoms with Gasteiger partial charge in [-0.3, -0.25) is 0 Å². The van der Waals surface area contributed by atoms with E-state index in [9.17, 15) is 0 Å². The maximum atomic E-state index is 4.11. The third kappa shape index (κ3) is 7.10. The third-order valence-corrected chi connectivity index (χ3v) is 5.25. The van der Waals surface area contributed by atoms with Gasteiger partial charge in [0.1, 0.15) is 0 Å². The lowest BCUT2D eigenvalue weighted by Crippen LogP contribution is -2.21. The molecule has 0 rings (SSSR count). The van der Waals surface area contributed by atoms with Crippen LogP contribution in [0.25, 0.3) is 0 Å². The monoisotopic (exact) mass is 224 g/mol. The molecule has 0 aromatic carbocycles. The van der Waals surface area contributed by atoms with Crippen LogP contribution in [-0.2, 0) is 0 Å². The fourth-order valence-corrected chi connectivity index (χ4v) is 2.05. The fraction of sp³-hybridized carbons (Fsp3) is 0.500. The molecular weight excluding hydrogens is 200 g/mol. The summed E-state index contributed by atoms with van der Waals surface area (Å²) < 4.78 is 0. The van der Waals surface area contributed by atoms with Crippen LogP contribution in [0.1, 0.15) is 0 Å². The van der Waals surface area contributed by atoms with E-state index < -0.39 is 16.1 Å².